The van der Waals surface area contributed by atoms with Crippen molar-refractivity contribution in [1.82, 2.24) is 0 Å². The molecule has 0 radical (unpaired) electrons. The van der Waals surface area contributed by atoms with Crippen molar-refractivity contribution >= 4 is 54.6 Å². The van der Waals surface area contributed by atoms with E-state index in [1.807, 2.05) is 26.8 Å². The standard InChI is InChI=1S/C28H26ClN3O5S2/c1-18-5-4-6-23(15-18)31-38(34,35)25-12-10-22(11-13-25)30-28(33)21-8-14-26(29)27(17-21)39(36,37)32-24-9-7-19(2)20(3)16-24/h4-17,31-32H,1-3H3,(H,30,33). The number of nitrogens with one attached hydrogen (secondary N) is 3. The van der Waals surface area contributed by atoms with Gasteiger partial charge in [0.1, 0.15) is 4.90 Å². The molecule has 3 N–H and O–H groups in total. The van der Waals surface area contributed by atoms with Crippen molar-refractivity contribution in [2.45, 2.75) is 30.6 Å². The van der Waals surface area contributed by atoms with Crippen LogP contribution >= 0.6 is 11.6 Å². The summed E-state index contributed by atoms with van der Waals surface area (Å²) in [6.07, 6.45) is 0. The normalized spacial score (nSPS) is 11.6. The summed E-state index contributed by atoms with van der Waals surface area (Å²) in [5.74, 6) is -0.595. The van der Waals surface area contributed by atoms with Crippen LogP contribution < -0.4 is 14.8 Å². The number of hydrogen-bond acceptors (Lipinski definition) is 5. The molecule has 0 saturated carbocycles. The van der Waals surface area contributed by atoms with E-state index < -0.39 is 26.0 Å². The number of rotatable bonds is 8. The van der Waals surface area contributed by atoms with E-state index >= 15 is 0 Å². The van der Waals surface area contributed by atoms with Gasteiger partial charge in [0.25, 0.3) is 26.0 Å². The molecule has 0 spiro atoms. The van der Waals surface area contributed by atoms with E-state index in [-0.39, 0.29) is 20.4 Å². The number of carbonyl (C=O) groups excluding carboxylic acids is 1. The maximum absolute atomic E-state index is 13.0. The maximum Gasteiger partial charge on any atom is 0.263 e. The van der Waals surface area contributed by atoms with Gasteiger partial charge in [0.05, 0.1) is 9.92 Å². The molecule has 0 unspecified atom stereocenters. The summed E-state index contributed by atoms with van der Waals surface area (Å²) in [7, 11) is -7.93. The van der Waals surface area contributed by atoms with Crippen LogP contribution in [0.4, 0.5) is 17.1 Å². The van der Waals surface area contributed by atoms with Gasteiger partial charge in [0.2, 0.25) is 0 Å². The molecule has 8 nitrogen and oxygen atoms in total. The molecular weight excluding hydrogens is 558 g/mol. The molecule has 0 aliphatic heterocycles. The Balaban J connectivity index is 1.50. The summed E-state index contributed by atoms with van der Waals surface area (Å²) in [4.78, 5) is 12.7. The monoisotopic (exact) mass is 583 g/mol. The van der Waals surface area contributed by atoms with Crippen LogP contribution in [0.2, 0.25) is 5.02 Å². The molecule has 0 aliphatic carbocycles. The fourth-order valence-electron chi connectivity index (χ4n) is 3.71. The van der Waals surface area contributed by atoms with Crippen LogP contribution in [0.3, 0.4) is 0 Å². The van der Waals surface area contributed by atoms with Crippen molar-refractivity contribution in [1.29, 1.82) is 0 Å². The lowest BCUT2D eigenvalue weighted by molar-refractivity contribution is 0.102. The third kappa shape index (κ3) is 6.78. The molecule has 11 heteroatoms. The summed E-state index contributed by atoms with van der Waals surface area (Å²) in [5, 5.41) is 2.60. The van der Waals surface area contributed by atoms with E-state index in [1.54, 1.807) is 36.4 Å². The molecular formula is C28H26ClN3O5S2. The summed E-state index contributed by atoms with van der Waals surface area (Å²) in [6.45, 7) is 5.64. The Hall–Kier alpha value is -3.86. The molecule has 0 saturated heterocycles. The summed E-state index contributed by atoms with van der Waals surface area (Å²) in [6, 6.07) is 21.6. The number of anilines is 3. The number of sulfonamides is 2. The van der Waals surface area contributed by atoms with Crippen molar-refractivity contribution < 1.29 is 21.6 Å². The highest BCUT2D eigenvalue weighted by Gasteiger charge is 2.21. The first-order valence-electron chi connectivity index (χ1n) is 11.7. The highest BCUT2D eigenvalue weighted by Crippen LogP contribution is 2.27. The van der Waals surface area contributed by atoms with Gasteiger partial charge in [-0.1, -0.05) is 29.8 Å². The Bertz CT molecular complexity index is 1770. The topological polar surface area (TPSA) is 121 Å². The molecule has 0 atom stereocenters. The zero-order chi connectivity index (χ0) is 28.4. The van der Waals surface area contributed by atoms with E-state index in [4.69, 9.17) is 11.6 Å². The predicted octanol–water partition coefficient (Wildman–Crippen LogP) is 6.12. The molecule has 4 rings (SSSR count). The number of amides is 1. The van der Waals surface area contributed by atoms with Crippen LogP contribution in [-0.4, -0.2) is 22.7 Å². The van der Waals surface area contributed by atoms with Crippen LogP contribution in [0, 0.1) is 20.8 Å². The van der Waals surface area contributed by atoms with Crippen LogP contribution in [0.25, 0.3) is 0 Å². The maximum atomic E-state index is 13.0. The van der Waals surface area contributed by atoms with Gasteiger partial charge in [-0.25, -0.2) is 16.8 Å². The Labute approximate surface area is 233 Å². The molecule has 0 aliphatic rings. The molecule has 202 valence electrons. The van der Waals surface area contributed by atoms with E-state index in [0.29, 0.717) is 17.1 Å². The first kappa shape index (κ1) is 28.2. The Morgan fingerprint density at radius 1 is 0.667 bits per heavy atom. The molecule has 0 fully saturated rings. The van der Waals surface area contributed by atoms with Crippen molar-refractivity contribution in [2.75, 3.05) is 14.8 Å². The second-order valence-electron chi connectivity index (χ2n) is 9.00. The zero-order valence-electron chi connectivity index (χ0n) is 21.3. The van der Waals surface area contributed by atoms with Crippen LogP contribution in [0.15, 0.2) is 94.7 Å². The summed E-state index contributed by atoms with van der Waals surface area (Å²) >= 11 is 6.18. The molecule has 0 bridgehead atoms. The van der Waals surface area contributed by atoms with Crippen LogP contribution in [-0.2, 0) is 20.0 Å². The van der Waals surface area contributed by atoms with E-state index in [9.17, 15) is 21.6 Å². The Kier molecular flexibility index (Phi) is 8.01. The first-order chi connectivity index (χ1) is 18.3. The lowest BCUT2D eigenvalue weighted by atomic mass is 10.1. The predicted molar refractivity (Wildman–Crippen MR) is 155 cm³/mol. The van der Waals surface area contributed by atoms with E-state index in [0.717, 1.165) is 16.7 Å². The fraction of sp³-hybridized carbons (Fsp3) is 0.107. The minimum absolute atomic E-state index is 0.0132. The quantitative estimate of drug-likeness (QED) is 0.231. The minimum atomic E-state index is -4.09. The second kappa shape index (κ2) is 11.1. The van der Waals surface area contributed by atoms with Crippen LogP contribution in [0.5, 0.6) is 0 Å². The van der Waals surface area contributed by atoms with Gasteiger partial charge < -0.3 is 5.32 Å². The smallest absolute Gasteiger partial charge is 0.263 e. The number of halogens is 1. The van der Waals surface area contributed by atoms with Gasteiger partial charge in [0, 0.05) is 22.6 Å². The SMILES string of the molecule is Cc1cccc(NS(=O)(=O)c2ccc(NC(=O)c3ccc(Cl)c(S(=O)(=O)Nc4ccc(C)c(C)c4)c3)cc2)c1. The van der Waals surface area contributed by atoms with Crippen molar-refractivity contribution in [3.63, 3.8) is 0 Å². The summed E-state index contributed by atoms with van der Waals surface area (Å²) < 4.78 is 56.5. The highest BCUT2D eigenvalue weighted by molar-refractivity contribution is 7.93. The van der Waals surface area contributed by atoms with Crippen LogP contribution in [0.1, 0.15) is 27.0 Å². The first-order valence-corrected chi connectivity index (χ1v) is 15.1. The molecule has 4 aromatic carbocycles. The van der Waals surface area contributed by atoms with Gasteiger partial charge in [-0.3, -0.25) is 14.2 Å². The molecule has 39 heavy (non-hydrogen) atoms. The number of aryl methyl sites for hydroxylation is 3. The third-order valence-electron chi connectivity index (χ3n) is 5.93. The Morgan fingerprint density at radius 2 is 1.31 bits per heavy atom. The summed E-state index contributed by atoms with van der Waals surface area (Å²) in [5.41, 5.74) is 4.03. The fourth-order valence-corrected chi connectivity index (χ4v) is 6.33. The van der Waals surface area contributed by atoms with Crippen molar-refractivity contribution in [2.24, 2.45) is 0 Å². The van der Waals surface area contributed by atoms with Gasteiger partial charge >= 0.3 is 0 Å². The average molecular weight is 584 g/mol. The minimum Gasteiger partial charge on any atom is -0.322 e. The highest BCUT2D eigenvalue weighted by atomic mass is 35.5. The van der Waals surface area contributed by atoms with Gasteiger partial charge in [-0.2, -0.15) is 0 Å². The lowest BCUT2D eigenvalue weighted by Gasteiger charge is -2.13. The van der Waals surface area contributed by atoms with Gasteiger partial charge in [-0.05, 0) is 104 Å². The zero-order valence-corrected chi connectivity index (χ0v) is 23.7. The van der Waals surface area contributed by atoms with Crippen molar-refractivity contribution in [3.05, 3.63) is 112 Å². The molecule has 4 aromatic rings. The lowest BCUT2D eigenvalue weighted by Crippen LogP contribution is -2.17. The van der Waals surface area contributed by atoms with Gasteiger partial charge in [-0.15, -0.1) is 0 Å². The Morgan fingerprint density at radius 3 is 1.97 bits per heavy atom. The van der Waals surface area contributed by atoms with Gasteiger partial charge in [0.15, 0.2) is 0 Å². The number of carbonyl (C=O) groups is 1. The largest absolute Gasteiger partial charge is 0.322 e. The number of benzene rings is 4. The molecule has 1 amide bonds. The molecule has 0 aromatic heterocycles. The van der Waals surface area contributed by atoms with E-state index in [2.05, 4.69) is 14.8 Å². The van der Waals surface area contributed by atoms with Crippen molar-refractivity contribution in [3.8, 4) is 0 Å². The number of hydrogen-bond donors (Lipinski definition) is 3. The third-order valence-corrected chi connectivity index (χ3v) is 9.19. The average Bonchev–Trinajstić information content (AvgIpc) is 2.86. The second-order valence-corrected chi connectivity index (χ2v) is 12.7. The van der Waals surface area contributed by atoms with E-state index in [1.165, 1.54) is 42.5 Å². The molecule has 0 heterocycles.